The first-order valence-corrected chi connectivity index (χ1v) is 12.5. The Bertz CT molecular complexity index is 1210. The first-order chi connectivity index (χ1) is 15.0. The van der Waals surface area contributed by atoms with Gasteiger partial charge in [0, 0.05) is 18.2 Å². The molecule has 1 saturated carbocycles. The number of nitrogens with two attached hydrogens (primary N) is 1. The van der Waals surface area contributed by atoms with Crippen molar-refractivity contribution in [2.45, 2.75) is 49.8 Å². The van der Waals surface area contributed by atoms with Crippen molar-refractivity contribution in [2.24, 2.45) is 16.6 Å². The van der Waals surface area contributed by atoms with Crippen LogP contribution in [0.2, 0.25) is 5.02 Å². The SMILES string of the molecule is C[C@@]1(C2CCC2)C(N)=N[C@](C)(c2cc(CC(=O)c3ccc(Cl)cn3)ccc2F)CS1(=O)=O. The average molecular weight is 478 g/mol. The number of benzene rings is 1. The van der Waals surface area contributed by atoms with Gasteiger partial charge in [0.1, 0.15) is 27.6 Å². The Morgan fingerprint density at radius 3 is 2.53 bits per heavy atom. The van der Waals surface area contributed by atoms with E-state index in [2.05, 4.69) is 9.98 Å². The number of rotatable bonds is 5. The van der Waals surface area contributed by atoms with Crippen molar-refractivity contribution in [3.05, 3.63) is 64.2 Å². The fraction of sp³-hybridized carbons (Fsp3) is 0.435. The quantitative estimate of drug-likeness (QED) is 0.659. The summed E-state index contributed by atoms with van der Waals surface area (Å²) in [7, 11) is -3.70. The molecule has 2 atom stereocenters. The van der Waals surface area contributed by atoms with Gasteiger partial charge in [0.2, 0.25) is 0 Å². The molecule has 2 heterocycles. The maximum absolute atomic E-state index is 14.9. The first-order valence-electron chi connectivity index (χ1n) is 10.5. The van der Waals surface area contributed by atoms with E-state index in [4.69, 9.17) is 17.3 Å². The summed E-state index contributed by atoms with van der Waals surface area (Å²) in [6.07, 6.45) is 3.90. The molecule has 6 nitrogen and oxygen atoms in total. The Balaban J connectivity index is 1.69. The first kappa shape index (κ1) is 22.9. The zero-order valence-corrected chi connectivity index (χ0v) is 19.5. The van der Waals surface area contributed by atoms with E-state index >= 15 is 0 Å². The lowest BCUT2D eigenvalue weighted by atomic mass is 9.75. The third-order valence-electron chi connectivity index (χ3n) is 6.87. The maximum atomic E-state index is 14.9. The molecule has 1 aromatic carbocycles. The second kappa shape index (κ2) is 7.92. The molecule has 1 fully saturated rings. The minimum atomic E-state index is -3.70. The van der Waals surface area contributed by atoms with Crippen molar-refractivity contribution in [3.63, 3.8) is 0 Å². The molecular formula is C23H25ClFN3O3S. The Hall–Kier alpha value is -2.32. The Kier molecular flexibility index (Phi) is 5.66. The molecular weight excluding hydrogens is 453 g/mol. The van der Waals surface area contributed by atoms with Crippen molar-refractivity contribution in [3.8, 4) is 0 Å². The number of carbonyl (C=O) groups is 1. The van der Waals surface area contributed by atoms with Gasteiger partial charge in [0.15, 0.2) is 15.6 Å². The molecule has 1 aromatic heterocycles. The van der Waals surface area contributed by atoms with Crippen LogP contribution >= 0.6 is 11.6 Å². The molecule has 1 aliphatic heterocycles. The van der Waals surface area contributed by atoms with Crippen LogP contribution in [0.3, 0.4) is 0 Å². The molecule has 2 aromatic rings. The number of carbonyl (C=O) groups excluding carboxylic acids is 1. The molecule has 9 heteroatoms. The number of hydrogen-bond donors (Lipinski definition) is 1. The summed E-state index contributed by atoms with van der Waals surface area (Å²) >= 11 is 5.82. The van der Waals surface area contributed by atoms with Gasteiger partial charge < -0.3 is 5.73 Å². The molecule has 0 radical (unpaired) electrons. The molecule has 32 heavy (non-hydrogen) atoms. The molecule has 1 aliphatic carbocycles. The van der Waals surface area contributed by atoms with Crippen molar-refractivity contribution in [1.29, 1.82) is 0 Å². The normalized spacial score (nSPS) is 27.4. The van der Waals surface area contributed by atoms with Crippen LogP contribution < -0.4 is 5.73 Å². The van der Waals surface area contributed by atoms with Gasteiger partial charge in [-0.05, 0) is 62.4 Å². The molecule has 0 bridgehead atoms. The highest BCUT2D eigenvalue weighted by Gasteiger charge is 2.57. The third kappa shape index (κ3) is 3.73. The number of aliphatic imine (C=N–C) groups is 1. The molecule has 0 amide bonds. The lowest BCUT2D eigenvalue weighted by Gasteiger charge is -2.46. The van der Waals surface area contributed by atoms with Gasteiger partial charge in [-0.1, -0.05) is 24.1 Å². The lowest BCUT2D eigenvalue weighted by Crippen LogP contribution is -2.61. The summed E-state index contributed by atoms with van der Waals surface area (Å²) in [5.41, 5.74) is 5.74. The second-order valence-electron chi connectivity index (χ2n) is 9.04. The number of ketones is 1. The summed E-state index contributed by atoms with van der Waals surface area (Å²) in [6, 6.07) is 7.33. The summed E-state index contributed by atoms with van der Waals surface area (Å²) in [6.45, 7) is 3.21. The zero-order chi connectivity index (χ0) is 23.3. The van der Waals surface area contributed by atoms with Gasteiger partial charge in [0.25, 0.3) is 0 Å². The van der Waals surface area contributed by atoms with Crippen LogP contribution in [0.1, 0.15) is 54.7 Å². The monoisotopic (exact) mass is 477 g/mol. The van der Waals surface area contributed by atoms with Gasteiger partial charge in [-0.25, -0.2) is 12.8 Å². The van der Waals surface area contributed by atoms with Gasteiger partial charge >= 0.3 is 0 Å². The highest BCUT2D eigenvalue weighted by molar-refractivity contribution is 7.93. The van der Waals surface area contributed by atoms with Gasteiger partial charge in [-0.3, -0.25) is 14.8 Å². The highest BCUT2D eigenvalue weighted by Crippen LogP contribution is 2.47. The van der Waals surface area contributed by atoms with E-state index in [1.165, 1.54) is 30.5 Å². The summed E-state index contributed by atoms with van der Waals surface area (Å²) in [4.78, 5) is 21.2. The zero-order valence-electron chi connectivity index (χ0n) is 17.9. The maximum Gasteiger partial charge on any atom is 0.185 e. The van der Waals surface area contributed by atoms with E-state index in [0.29, 0.717) is 10.6 Å². The molecule has 2 N–H and O–H groups in total. The van der Waals surface area contributed by atoms with Crippen LogP contribution in [0.5, 0.6) is 0 Å². The number of sulfone groups is 1. The Labute approximate surface area is 192 Å². The number of Topliss-reactive ketones (excluding diaryl/α,β-unsaturated/α-hetero) is 1. The minimum Gasteiger partial charge on any atom is -0.386 e. The lowest BCUT2D eigenvalue weighted by molar-refractivity contribution is 0.0988. The largest absolute Gasteiger partial charge is 0.386 e. The van der Waals surface area contributed by atoms with Crippen LogP contribution in [0, 0.1) is 11.7 Å². The predicted octanol–water partition coefficient (Wildman–Crippen LogP) is 3.86. The van der Waals surface area contributed by atoms with E-state index in [1.54, 1.807) is 19.9 Å². The van der Waals surface area contributed by atoms with Crippen molar-refractivity contribution in [1.82, 2.24) is 4.98 Å². The summed E-state index contributed by atoms with van der Waals surface area (Å²) in [5.74, 6) is -1.24. The molecule has 0 spiro atoms. The van der Waals surface area contributed by atoms with Gasteiger partial charge in [-0.15, -0.1) is 0 Å². The van der Waals surface area contributed by atoms with Crippen molar-refractivity contribution < 1.29 is 17.6 Å². The van der Waals surface area contributed by atoms with E-state index in [-0.39, 0.29) is 41.0 Å². The highest BCUT2D eigenvalue weighted by atomic mass is 35.5. The van der Waals surface area contributed by atoms with Gasteiger partial charge in [-0.2, -0.15) is 0 Å². The average Bonchev–Trinajstić information content (AvgIpc) is 2.66. The summed E-state index contributed by atoms with van der Waals surface area (Å²) in [5, 5.41) is 0.418. The minimum absolute atomic E-state index is 0.0241. The van der Waals surface area contributed by atoms with Crippen LogP contribution in [0.25, 0.3) is 0 Å². The molecule has 170 valence electrons. The number of aromatic nitrogens is 1. The topological polar surface area (TPSA) is 102 Å². The second-order valence-corrected chi connectivity index (χ2v) is 11.8. The van der Waals surface area contributed by atoms with Crippen molar-refractivity contribution in [2.75, 3.05) is 5.75 Å². The van der Waals surface area contributed by atoms with Crippen LogP contribution in [-0.4, -0.2) is 35.5 Å². The van der Waals surface area contributed by atoms with E-state index in [1.807, 2.05) is 0 Å². The Morgan fingerprint density at radius 2 is 1.97 bits per heavy atom. The van der Waals surface area contributed by atoms with Crippen molar-refractivity contribution >= 4 is 33.1 Å². The number of pyridine rings is 1. The number of nitrogens with zero attached hydrogens (tertiary/aromatic N) is 2. The van der Waals surface area contributed by atoms with Gasteiger partial charge in [0.05, 0.1) is 10.8 Å². The van der Waals surface area contributed by atoms with Crippen LogP contribution in [0.15, 0.2) is 41.5 Å². The Morgan fingerprint density at radius 1 is 1.25 bits per heavy atom. The van der Waals surface area contributed by atoms with E-state index in [0.717, 1.165) is 19.3 Å². The molecule has 0 unspecified atom stereocenters. The van der Waals surface area contributed by atoms with E-state index < -0.39 is 25.9 Å². The third-order valence-corrected chi connectivity index (χ3v) is 9.87. The molecule has 0 saturated heterocycles. The fourth-order valence-corrected chi connectivity index (χ4v) is 7.04. The van der Waals surface area contributed by atoms with Crippen LogP contribution in [0.4, 0.5) is 4.39 Å². The predicted molar refractivity (Wildman–Crippen MR) is 122 cm³/mol. The summed E-state index contributed by atoms with van der Waals surface area (Å²) < 4.78 is 40.4. The molecule has 4 rings (SSSR count). The smallest absolute Gasteiger partial charge is 0.185 e. The van der Waals surface area contributed by atoms with Crippen LogP contribution in [-0.2, 0) is 21.8 Å². The number of amidine groups is 1. The van der Waals surface area contributed by atoms with E-state index in [9.17, 15) is 17.6 Å². The standard InChI is InChI=1S/C23H25ClFN3O3S/c1-22(13-32(30,31)23(2,21(26)28-22)15-4-3-5-15)17-10-14(6-8-18(17)25)11-20(29)19-9-7-16(24)12-27-19/h6-10,12,15H,3-5,11,13H2,1-2H3,(H2,26,28)/t22-,23+/m0/s1. The molecule has 2 aliphatic rings. The fourth-order valence-electron chi connectivity index (χ4n) is 4.56. The number of hydrogen-bond acceptors (Lipinski definition) is 6. The number of halogens is 2.